The zero-order valence-corrected chi connectivity index (χ0v) is 27.1. The second-order valence-corrected chi connectivity index (χ2v) is 11.2. The van der Waals surface area contributed by atoms with Crippen molar-refractivity contribution in [1.82, 2.24) is 0 Å². The largest absolute Gasteiger partial charge is 0.472 e. The predicted molar refractivity (Wildman–Crippen MR) is 148 cm³/mol. The highest BCUT2D eigenvalue weighted by atomic mass is 31.2. The molecule has 1 aliphatic rings. The van der Waals surface area contributed by atoms with Gasteiger partial charge in [0, 0.05) is 39.5 Å². The molecule has 0 radical (unpaired) electrons. The van der Waals surface area contributed by atoms with Crippen molar-refractivity contribution in [3.8, 4) is 0 Å². The van der Waals surface area contributed by atoms with Crippen LogP contribution in [0, 0.1) is 0 Å². The molecule has 0 aliphatic carbocycles. The van der Waals surface area contributed by atoms with Crippen LogP contribution >= 0.6 is 7.82 Å². The van der Waals surface area contributed by atoms with Crippen LogP contribution in [-0.2, 0) is 71.0 Å². The Morgan fingerprint density at radius 2 is 1.13 bits per heavy atom. The molecule has 0 amide bonds. The minimum atomic E-state index is -5.80. The van der Waals surface area contributed by atoms with Crippen LogP contribution in [0.2, 0.25) is 0 Å². The van der Waals surface area contributed by atoms with Crippen LogP contribution in [0.4, 0.5) is 0 Å². The number of phosphoric ester groups is 1. The van der Waals surface area contributed by atoms with Crippen LogP contribution < -0.4 is 0 Å². The van der Waals surface area contributed by atoms with E-state index < -0.39 is 86.7 Å². The lowest BCUT2D eigenvalue weighted by molar-refractivity contribution is -0.396. The fourth-order valence-corrected chi connectivity index (χ4v) is 4.81. The first-order chi connectivity index (χ1) is 21.0. The molecule has 0 aromatic rings. The number of carbonyl (C=O) groups is 6. The van der Waals surface area contributed by atoms with E-state index in [1.54, 1.807) is 27.7 Å². The van der Waals surface area contributed by atoms with Gasteiger partial charge in [0.25, 0.3) is 5.79 Å². The summed E-state index contributed by atoms with van der Waals surface area (Å²) < 4.78 is 55.5. The lowest BCUT2D eigenvalue weighted by atomic mass is 9.90. The highest BCUT2D eigenvalue weighted by Crippen LogP contribution is 2.50. The molecular weight excluding hydrogens is 627 g/mol. The maximum absolute atomic E-state index is 12.9. The van der Waals surface area contributed by atoms with Gasteiger partial charge in [-0.25, -0.2) is 9.09 Å². The summed E-state index contributed by atoms with van der Waals surface area (Å²) in [5, 5.41) is 0. The average molecular weight is 671 g/mol. The first-order valence-electron chi connectivity index (χ1n) is 14.6. The molecule has 1 fully saturated rings. The quantitative estimate of drug-likeness (QED) is 0.0919. The van der Waals surface area contributed by atoms with E-state index in [1.807, 2.05) is 0 Å². The summed E-state index contributed by atoms with van der Waals surface area (Å²) in [6.45, 7) is 7.48. The average Bonchev–Trinajstić information content (AvgIpc) is 2.90. The van der Waals surface area contributed by atoms with Crippen LogP contribution in [0.1, 0.15) is 92.9 Å². The Kier molecular flexibility index (Phi) is 16.6. The van der Waals surface area contributed by atoms with Crippen molar-refractivity contribution < 1.29 is 80.8 Å². The van der Waals surface area contributed by atoms with Gasteiger partial charge in [0.1, 0.15) is 12.7 Å². The molecule has 1 aliphatic heterocycles. The van der Waals surface area contributed by atoms with Gasteiger partial charge in [-0.1, -0.05) is 27.7 Å². The van der Waals surface area contributed by atoms with Crippen molar-refractivity contribution in [3.63, 3.8) is 0 Å². The number of hydrogen-bond donors (Lipinski definition) is 2. The Balaban J connectivity index is 4.15. The highest BCUT2D eigenvalue weighted by Gasteiger charge is 2.69. The number of hydrogen-bond acceptors (Lipinski definition) is 15. The Morgan fingerprint density at radius 1 is 0.711 bits per heavy atom. The fourth-order valence-electron chi connectivity index (χ4n) is 4.20. The van der Waals surface area contributed by atoms with Gasteiger partial charge in [0.05, 0.1) is 0 Å². The molecule has 0 unspecified atom stereocenters. The summed E-state index contributed by atoms with van der Waals surface area (Å²) in [4.78, 5) is 95.3. The minimum absolute atomic E-state index is 0.0627. The smallest absolute Gasteiger partial charge is 0.463 e. The van der Waals surface area contributed by atoms with Gasteiger partial charge in [-0.3, -0.25) is 28.8 Å². The van der Waals surface area contributed by atoms with Gasteiger partial charge in [-0.2, -0.15) is 0 Å². The Morgan fingerprint density at radius 3 is 1.56 bits per heavy atom. The monoisotopic (exact) mass is 670 g/mol. The van der Waals surface area contributed by atoms with E-state index >= 15 is 0 Å². The lowest BCUT2D eigenvalue weighted by Gasteiger charge is -2.51. The van der Waals surface area contributed by atoms with Crippen molar-refractivity contribution in [2.24, 2.45) is 0 Å². The van der Waals surface area contributed by atoms with E-state index in [-0.39, 0.29) is 38.5 Å². The molecule has 2 N–H and O–H groups in total. The minimum Gasteiger partial charge on any atom is -0.463 e. The SMILES string of the molecule is CCCC(=O)OC[C@H]1O[C@@](OP(=O)(O)O)(C(OC(C)=O)OC(C)=O)[C@@H](OC(=O)CCC)[C@@H](OC(=O)CCC)[C@@H]1OC(=O)CCC. The van der Waals surface area contributed by atoms with Gasteiger partial charge in [0.2, 0.25) is 6.10 Å². The lowest BCUT2D eigenvalue weighted by Crippen LogP contribution is -2.73. The van der Waals surface area contributed by atoms with Gasteiger partial charge in [-0.05, 0) is 25.7 Å². The maximum Gasteiger partial charge on any atom is 0.472 e. The highest BCUT2D eigenvalue weighted by molar-refractivity contribution is 7.46. The molecule has 0 aromatic carbocycles. The molecule has 258 valence electrons. The maximum atomic E-state index is 12.9. The first kappa shape index (κ1) is 39.9. The van der Waals surface area contributed by atoms with Crippen molar-refractivity contribution >= 4 is 43.6 Å². The van der Waals surface area contributed by atoms with Gasteiger partial charge >= 0.3 is 49.9 Å². The Labute approximate surface area is 260 Å². The van der Waals surface area contributed by atoms with Gasteiger partial charge in [0.15, 0.2) is 12.2 Å². The standard InChI is InChI=1S/C27H43O17P/c1-7-11-19(30)37-15-18-23(40-20(31)12-8-2)24(41-21(32)13-9-3)25(42-22(33)14-10-4)27(43-18,44-45(34,35)36)26(38-16(5)28)39-17(6)29/h18,23-26H,7-15H2,1-6H3,(H2,34,35,36)/t18-,23-,24+,25+,27+/m1/s1. The fraction of sp³-hybridized carbons (Fsp3) is 0.778. The number of carbonyl (C=O) groups excluding carboxylic acids is 6. The third-order valence-corrected chi connectivity index (χ3v) is 6.40. The number of esters is 6. The van der Waals surface area contributed by atoms with E-state index in [9.17, 15) is 43.1 Å². The molecule has 18 heteroatoms. The molecule has 1 rings (SSSR count). The number of rotatable bonds is 18. The molecule has 1 saturated heterocycles. The summed E-state index contributed by atoms with van der Waals surface area (Å²) in [6, 6.07) is 0. The van der Waals surface area contributed by atoms with Crippen molar-refractivity contribution in [2.45, 2.75) is 129 Å². The van der Waals surface area contributed by atoms with E-state index in [4.69, 9.17) is 37.7 Å². The van der Waals surface area contributed by atoms with Crippen molar-refractivity contribution in [3.05, 3.63) is 0 Å². The third kappa shape index (κ3) is 13.0. The summed E-state index contributed by atoms with van der Waals surface area (Å²) in [5.74, 6) is -9.25. The van der Waals surface area contributed by atoms with E-state index in [0.29, 0.717) is 12.8 Å². The summed E-state index contributed by atoms with van der Waals surface area (Å²) >= 11 is 0. The Hall–Kier alpha value is -3.11. The van der Waals surface area contributed by atoms with Crippen LogP contribution in [0.3, 0.4) is 0 Å². The third-order valence-electron chi connectivity index (χ3n) is 5.88. The summed E-state index contributed by atoms with van der Waals surface area (Å²) in [6.07, 6.45) is -9.99. The number of ether oxygens (including phenoxy) is 7. The zero-order valence-electron chi connectivity index (χ0n) is 26.2. The van der Waals surface area contributed by atoms with E-state index in [1.165, 1.54) is 0 Å². The van der Waals surface area contributed by atoms with Gasteiger partial charge < -0.3 is 42.9 Å². The van der Waals surface area contributed by atoms with Crippen LogP contribution in [0.25, 0.3) is 0 Å². The zero-order chi connectivity index (χ0) is 34.4. The first-order valence-corrected chi connectivity index (χ1v) is 16.1. The molecule has 1 heterocycles. The molecular formula is C27H43O17P. The molecule has 17 nitrogen and oxygen atoms in total. The molecule has 5 atom stereocenters. The van der Waals surface area contributed by atoms with Crippen LogP contribution in [0.15, 0.2) is 0 Å². The number of phosphoric acid groups is 1. The molecule has 0 saturated carbocycles. The van der Waals surface area contributed by atoms with E-state index in [2.05, 4.69) is 0 Å². The van der Waals surface area contributed by atoms with Crippen LogP contribution in [0.5, 0.6) is 0 Å². The molecule has 0 aromatic heterocycles. The van der Waals surface area contributed by atoms with E-state index in [0.717, 1.165) is 13.8 Å². The molecule has 45 heavy (non-hydrogen) atoms. The topological polar surface area (TPSA) is 234 Å². The predicted octanol–water partition coefficient (Wildman–Crippen LogP) is 2.12. The van der Waals surface area contributed by atoms with Crippen molar-refractivity contribution in [2.75, 3.05) is 6.61 Å². The second-order valence-electron chi connectivity index (χ2n) is 10.0. The second kappa shape index (κ2) is 18.8. The Bertz CT molecular complexity index is 1070. The van der Waals surface area contributed by atoms with Gasteiger partial charge in [-0.15, -0.1) is 0 Å². The normalized spacial score (nSPS) is 23.0. The molecule has 0 spiro atoms. The van der Waals surface area contributed by atoms with Crippen molar-refractivity contribution in [1.29, 1.82) is 0 Å². The summed E-state index contributed by atoms with van der Waals surface area (Å²) in [5.41, 5.74) is 0. The summed E-state index contributed by atoms with van der Waals surface area (Å²) in [7, 11) is -5.80. The molecule has 0 bridgehead atoms. The van der Waals surface area contributed by atoms with Crippen LogP contribution in [-0.4, -0.2) is 88.7 Å².